The molecule has 0 aromatic rings. The molecule has 0 radical (unpaired) electrons. The summed E-state index contributed by atoms with van der Waals surface area (Å²) in [6.07, 6.45) is 7.09. The van der Waals surface area contributed by atoms with E-state index in [4.69, 9.17) is 0 Å². The topological polar surface area (TPSA) is 58.2 Å². The predicted molar refractivity (Wildman–Crippen MR) is 51.7 cm³/mol. The summed E-state index contributed by atoms with van der Waals surface area (Å²) in [5.41, 5.74) is 0. The number of hydrogen-bond donors (Lipinski definition) is 2. The van der Waals surface area contributed by atoms with Crippen molar-refractivity contribution < 1.29 is 9.59 Å². The van der Waals surface area contributed by atoms with Crippen LogP contribution in [0.1, 0.15) is 38.5 Å². The van der Waals surface area contributed by atoms with E-state index in [1.165, 1.54) is 32.1 Å². The van der Waals surface area contributed by atoms with Crippen molar-refractivity contribution in [1.29, 1.82) is 0 Å². The van der Waals surface area contributed by atoms with Crippen molar-refractivity contribution in [3.63, 3.8) is 0 Å². The van der Waals surface area contributed by atoms with Crippen molar-refractivity contribution in [1.82, 2.24) is 10.6 Å². The van der Waals surface area contributed by atoms with Crippen molar-refractivity contribution in [3.8, 4) is 0 Å². The van der Waals surface area contributed by atoms with Crippen LogP contribution in [0.5, 0.6) is 0 Å². The molecule has 14 heavy (non-hydrogen) atoms. The first kappa shape index (κ1) is 9.49. The minimum atomic E-state index is -0.337. The van der Waals surface area contributed by atoms with Crippen LogP contribution in [0.15, 0.2) is 0 Å². The Balaban J connectivity index is 1.84. The second-order valence-electron chi connectivity index (χ2n) is 4.26. The summed E-state index contributed by atoms with van der Waals surface area (Å²) in [5, 5.41) is 4.92. The van der Waals surface area contributed by atoms with E-state index >= 15 is 0 Å². The average molecular weight is 196 g/mol. The fraction of sp³-hybridized carbons (Fsp3) is 0.800. The van der Waals surface area contributed by atoms with E-state index in [-0.39, 0.29) is 18.0 Å². The quantitative estimate of drug-likeness (QED) is 0.651. The molecule has 4 heteroatoms. The molecule has 0 aromatic carbocycles. The highest BCUT2D eigenvalue weighted by atomic mass is 16.2. The zero-order valence-corrected chi connectivity index (χ0v) is 8.21. The van der Waals surface area contributed by atoms with Gasteiger partial charge in [-0.3, -0.25) is 10.1 Å². The number of imide groups is 1. The van der Waals surface area contributed by atoms with E-state index in [0.717, 1.165) is 6.42 Å². The lowest BCUT2D eigenvalue weighted by atomic mass is 9.85. The number of amides is 3. The lowest BCUT2D eigenvalue weighted by molar-refractivity contribution is -0.120. The summed E-state index contributed by atoms with van der Waals surface area (Å²) in [4.78, 5) is 22.1. The highest BCUT2D eigenvalue weighted by Gasteiger charge is 2.31. The van der Waals surface area contributed by atoms with Crippen LogP contribution in [-0.4, -0.2) is 18.0 Å². The molecule has 1 aliphatic carbocycles. The number of rotatable bonds is 2. The standard InChI is InChI=1S/C10H16N2O2/c13-9-8(11-10(14)12-9)6-7-4-2-1-3-5-7/h7-8H,1-6H2,(H2,11,12,13,14). The van der Waals surface area contributed by atoms with Gasteiger partial charge in [0.25, 0.3) is 5.91 Å². The largest absolute Gasteiger partial charge is 0.326 e. The molecule has 1 unspecified atom stereocenters. The minimum absolute atomic E-state index is 0.152. The van der Waals surface area contributed by atoms with Gasteiger partial charge in [0.1, 0.15) is 6.04 Å². The second-order valence-corrected chi connectivity index (χ2v) is 4.26. The molecule has 1 atom stereocenters. The maximum atomic E-state index is 11.3. The van der Waals surface area contributed by atoms with Crippen LogP contribution in [0, 0.1) is 5.92 Å². The number of carbonyl (C=O) groups is 2. The number of urea groups is 1. The van der Waals surface area contributed by atoms with Gasteiger partial charge in [0, 0.05) is 0 Å². The summed E-state index contributed by atoms with van der Waals surface area (Å²) < 4.78 is 0. The molecule has 4 nitrogen and oxygen atoms in total. The van der Waals surface area contributed by atoms with Crippen molar-refractivity contribution in [2.45, 2.75) is 44.6 Å². The van der Waals surface area contributed by atoms with E-state index in [0.29, 0.717) is 5.92 Å². The van der Waals surface area contributed by atoms with Crippen molar-refractivity contribution >= 4 is 11.9 Å². The zero-order chi connectivity index (χ0) is 9.97. The Morgan fingerprint density at radius 3 is 2.43 bits per heavy atom. The Hall–Kier alpha value is -1.06. The van der Waals surface area contributed by atoms with Gasteiger partial charge in [-0.2, -0.15) is 0 Å². The smallest absolute Gasteiger partial charge is 0.322 e. The van der Waals surface area contributed by atoms with Crippen LogP contribution in [-0.2, 0) is 4.79 Å². The molecule has 1 aliphatic heterocycles. The van der Waals surface area contributed by atoms with Crippen molar-refractivity contribution in [2.24, 2.45) is 5.92 Å². The first-order valence-electron chi connectivity index (χ1n) is 5.37. The first-order valence-corrected chi connectivity index (χ1v) is 5.37. The van der Waals surface area contributed by atoms with Gasteiger partial charge in [-0.1, -0.05) is 32.1 Å². The van der Waals surface area contributed by atoms with Gasteiger partial charge in [-0.05, 0) is 12.3 Å². The molecule has 0 bridgehead atoms. The number of carbonyl (C=O) groups excluding carboxylic acids is 2. The minimum Gasteiger partial charge on any atom is -0.326 e. The molecule has 1 saturated heterocycles. The number of hydrogen-bond acceptors (Lipinski definition) is 2. The Morgan fingerprint density at radius 1 is 1.14 bits per heavy atom. The van der Waals surface area contributed by atoms with Crippen molar-refractivity contribution in [3.05, 3.63) is 0 Å². The molecule has 0 spiro atoms. The van der Waals surface area contributed by atoms with Gasteiger partial charge >= 0.3 is 6.03 Å². The van der Waals surface area contributed by atoms with Gasteiger partial charge in [0.2, 0.25) is 0 Å². The molecular formula is C10H16N2O2. The molecule has 1 heterocycles. The van der Waals surface area contributed by atoms with Crippen LogP contribution in [0.2, 0.25) is 0 Å². The fourth-order valence-electron chi connectivity index (χ4n) is 2.38. The lowest BCUT2D eigenvalue weighted by Crippen LogP contribution is -2.31. The molecule has 2 fully saturated rings. The summed E-state index contributed by atoms with van der Waals surface area (Å²) in [6.45, 7) is 0. The maximum Gasteiger partial charge on any atom is 0.322 e. The predicted octanol–water partition coefficient (Wildman–Crippen LogP) is 1.16. The lowest BCUT2D eigenvalue weighted by Gasteiger charge is -2.23. The molecule has 78 valence electrons. The maximum absolute atomic E-state index is 11.3. The second kappa shape index (κ2) is 3.98. The zero-order valence-electron chi connectivity index (χ0n) is 8.21. The Morgan fingerprint density at radius 2 is 1.86 bits per heavy atom. The average Bonchev–Trinajstić information content (AvgIpc) is 2.47. The molecule has 2 aliphatic rings. The van der Waals surface area contributed by atoms with Gasteiger partial charge in [-0.15, -0.1) is 0 Å². The van der Waals surface area contributed by atoms with Gasteiger partial charge in [-0.25, -0.2) is 4.79 Å². The van der Waals surface area contributed by atoms with Crippen LogP contribution < -0.4 is 10.6 Å². The molecule has 3 amide bonds. The third kappa shape index (κ3) is 2.05. The van der Waals surface area contributed by atoms with E-state index in [1.807, 2.05) is 0 Å². The van der Waals surface area contributed by atoms with E-state index < -0.39 is 0 Å². The third-order valence-electron chi connectivity index (χ3n) is 3.15. The molecule has 1 saturated carbocycles. The van der Waals surface area contributed by atoms with Gasteiger partial charge in [0.05, 0.1) is 0 Å². The van der Waals surface area contributed by atoms with Crippen LogP contribution in [0.3, 0.4) is 0 Å². The SMILES string of the molecule is O=C1NC(=O)C(CC2CCCCC2)N1. The fourth-order valence-corrected chi connectivity index (χ4v) is 2.38. The third-order valence-corrected chi connectivity index (χ3v) is 3.15. The molecule has 0 aromatic heterocycles. The monoisotopic (exact) mass is 196 g/mol. The Labute approximate surface area is 83.4 Å². The Bertz CT molecular complexity index is 247. The van der Waals surface area contributed by atoms with Crippen LogP contribution in [0.4, 0.5) is 4.79 Å². The summed E-state index contributed by atoms with van der Waals surface area (Å²) >= 11 is 0. The van der Waals surface area contributed by atoms with E-state index in [9.17, 15) is 9.59 Å². The molecular weight excluding hydrogens is 180 g/mol. The van der Waals surface area contributed by atoms with Crippen LogP contribution >= 0.6 is 0 Å². The van der Waals surface area contributed by atoms with Crippen molar-refractivity contribution in [2.75, 3.05) is 0 Å². The first-order chi connectivity index (χ1) is 6.75. The molecule has 2 rings (SSSR count). The summed E-state index contributed by atoms with van der Waals surface area (Å²) in [6, 6.07) is -0.610. The molecule has 2 N–H and O–H groups in total. The van der Waals surface area contributed by atoms with E-state index in [1.54, 1.807) is 0 Å². The Kier molecular flexibility index (Phi) is 2.70. The highest BCUT2D eigenvalue weighted by molar-refractivity contribution is 6.04. The highest BCUT2D eigenvalue weighted by Crippen LogP contribution is 2.27. The normalized spacial score (nSPS) is 28.7. The summed E-state index contributed by atoms with van der Waals surface area (Å²) in [5.74, 6) is 0.471. The number of nitrogens with one attached hydrogen (secondary N) is 2. The van der Waals surface area contributed by atoms with E-state index in [2.05, 4.69) is 10.6 Å². The van der Waals surface area contributed by atoms with Gasteiger partial charge in [0.15, 0.2) is 0 Å². The van der Waals surface area contributed by atoms with Crippen LogP contribution in [0.25, 0.3) is 0 Å². The summed E-state index contributed by atoms with van der Waals surface area (Å²) in [7, 11) is 0. The van der Waals surface area contributed by atoms with Gasteiger partial charge < -0.3 is 5.32 Å².